The Labute approximate surface area is 235 Å². The number of carbonyl (C=O) groups excluding carboxylic acids is 2. The van der Waals surface area contributed by atoms with Crippen molar-refractivity contribution in [3.63, 3.8) is 0 Å². The van der Waals surface area contributed by atoms with E-state index in [4.69, 9.17) is 21.1 Å². The molecule has 202 valence electrons. The molecule has 2 amide bonds. The number of methoxy groups -OCH3 is 1. The molecule has 0 spiro atoms. The molecule has 8 nitrogen and oxygen atoms in total. The van der Waals surface area contributed by atoms with E-state index in [9.17, 15) is 14.7 Å². The molecule has 1 heterocycles. The minimum absolute atomic E-state index is 0.0210. The monoisotopic (exact) mass is 555 g/mol. The van der Waals surface area contributed by atoms with Crippen LogP contribution in [0, 0.1) is 0 Å². The summed E-state index contributed by atoms with van der Waals surface area (Å²) < 4.78 is 12.0. The summed E-state index contributed by atoms with van der Waals surface area (Å²) in [7, 11) is 1.49. The van der Waals surface area contributed by atoms with Crippen LogP contribution < -0.4 is 15.4 Å². The zero-order valence-corrected chi connectivity index (χ0v) is 22.5. The van der Waals surface area contributed by atoms with Gasteiger partial charge in [0.15, 0.2) is 17.2 Å². The zero-order chi connectivity index (χ0) is 28.2. The highest BCUT2D eigenvalue weighted by Crippen LogP contribution is 2.38. The molecule has 0 unspecified atom stereocenters. The number of phenolic OH excluding ortho intramolecular Hbond substituents is 1. The molecule has 0 atom stereocenters. The number of amides is 2. The van der Waals surface area contributed by atoms with Crippen molar-refractivity contribution in [2.75, 3.05) is 24.4 Å². The molecule has 0 aliphatic rings. The van der Waals surface area contributed by atoms with Gasteiger partial charge in [-0.1, -0.05) is 72.3 Å². The van der Waals surface area contributed by atoms with Crippen molar-refractivity contribution in [2.24, 2.45) is 0 Å². The number of ether oxygens (including phenoxy) is 2. The molecule has 40 heavy (non-hydrogen) atoms. The molecule has 9 heteroatoms. The van der Waals surface area contributed by atoms with Gasteiger partial charge in [-0.15, -0.1) is 0 Å². The predicted molar refractivity (Wildman–Crippen MR) is 157 cm³/mol. The number of benzene rings is 4. The Kier molecular flexibility index (Phi) is 7.61. The average Bonchev–Trinajstić information content (AvgIpc) is 3.28. The van der Waals surface area contributed by atoms with Gasteiger partial charge in [0.1, 0.15) is 5.15 Å². The van der Waals surface area contributed by atoms with Gasteiger partial charge in [-0.05, 0) is 42.1 Å². The minimum atomic E-state index is -0.649. The largest absolute Gasteiger partial charge is 0.504 e. The molecule has 0 saturated carbocycles. The van der Waals surface area contributed by atoms with E-state index < -0.39 is 12.0 Å². The second kappa shape index (κ2) is 11.4. The molecule has 0 fully saturated rings. The molecule has 3 N–H and O–H groups in total. The third-order valence-corrected chi connectivity index (χ3v) is 6.64. The molecule has 5 aromatic rings. The smallest absolute Gasteiger partial charge is 0.357 e. The number of aromatic hydroxyl groups is 1. The number of esters is 1. The number of hydrogen-bond donors (Lipinski definition) is 3. The van der Waals surface area contributed by atoms with Gasteiger partial charge >= 0.3 is 12.0 Å². The molecule has 5 rings (SSSR count). The van der Waals surface area contributed by atoms with Crippen LogP contribution in [-0.2, 0) is 4.74 Å². The van der Waals surface area contributed by atoms with Crippen LogP contribution in [0.1, 0.15) is 17.4 Å². The van der Waals surface area contributed by atoms with E-state index >= 15 is 0 Å². The number of aromatic nitrogens is 1. The van der Waals surface area contributed by atoms with Gasteiger partial charge in [-0.2, -0.15) is 0 Å². The van der Waals surface area contributed by atoms with Gasteiger partial charge in [0, 0.05) is 22.7 Å². The Morgan fingerprint density at radius 2 is 1.60 bits per heavy atom. The third-order valence-electron chi connectivity index (χ3n) is 6.37. The lowest BCUT2D eigenvalue weighted by Crippen LogP contribution is -2.22. The molecule has 0 radical (unpaired) electrons. The van der Waals surface area contributed by atoms with Gasteiger partial charge < -0.3 is 25.2 Å². The van der Waals surface area contributed by atoms with Crippen molar-refractivity contribution in [2.45, 2.75) is 6.92 Å². The number of urea groups is 1. The summed E-state index contributed by atoms with van der Waals surface area (Å²) in [5, 5.41) is 18.2. The van der Waals surface area contributed by atoms with E-state index in [1.807, 2.05) is 36.4 Å². The topological polar surface area (TPSA) is 102 Å². The van der Waals surface area contributed by atoms with E-state index in [2.05, 4.69) is 10.6 Å². The van der Waals surface area contributed by atoms with Crippen LogP contribution in [0.25, 0.3) is 27.6 Å². The van der Waals surface area contributed by atoms with Crippen LogP contribution in [0.2, 0.25) is 5.15 Å². The normalized spacial score (nSPS) is 10.8. The number of rotatable bonds is 7. The third kappa shape index (κ3) is 5.17. The van der Waals surface area contributed by atoms with Crippen LogP contribution in [0.3, 0.4) is 0 Å². The molecule has 0 bridgehead atoms. The van der Waals surface area contributed by atoms with Gasteiger partial charge in [-0.3, -0.25) is 4.57 Å². The number of anilines is 2. The van der Waals surface area contributed by atoms with Crippen molar-refractivity contribution in [1.29, 1.82) is 0 Å². The summed E-state index contributed by atoms with van der Waals surface area (Å²) in [6.45, 7) is 1.83. The van der Waals surface area contributed by atoms with Gasteiger partial charge in [-0.25, -0.2) is 9.59 Å². The second-order valence-corrected chi connectivity index (χ2v) is 9.18. The van der Waals surface area contributed by atoms with E-state index in [0.29, 0.717) is 22.7 Å². The SMILES string of the molecule is CCOC(=O)c1c(NC(=O)Nc2cccc3ccccc23)cc(Cl)n1-c1ccc(-c2cccc(OC)c2O)cc1. The number of nitrogens with zero attached hydrogens (tertiary/aromatic N) is 1. The van der Waals surface area contributed by atoms with E-state index in [1.165, 1.54) is 17.7 Å². The number of fused-ring (bicyclic) bond motifs is 1. The van der Waals surface area contributed by atoms with Crippen molar-refractivity contribution in [3.05, 3.63) is 102 Å². The average molecular weight is 556 g/mol. The highest BCUT2D eigenvalue weighted by Gasteiger charge is 2.25. The summed E-state index contributed by atoms with van der Waals surface area (Å²) in [4.78, 5) is 26.1. The maximum Gasteiger partial charge on any atom is 0.357 e. The molecular formula is C31H26ClN3O5. The number of halogens is 1. The lowest BCUT2D eigenvalue weighted by molar-refractivity contribution is 0.0518. The molecule has 1 aromatic heterocycles. The minimum Gasteiger partial charge on any atom is -0.504 e. The fourth-order valence-corrected chi connectivity index (χ4v) is 4.84. The Balaban J connectivity index is 1.48. The van der Waals surface area contributed by atoms with Crippen molar-refractivity contribution >= 4 is 45.7 Å². The van der Waals surface area contributed by atoms with Crippen LogP contribution in [0.4, 0.5) is 16.2 Å². The first-order valence-electron chi connectivity index (χ1n) is 12.5. The maximum atomic E-state index is 13.1. The summed E-state index contributed by atoms with van der Waals surface area (Å²) in [5.41, 5.74) is 2.75. The van der Waals surface area contributed by atoms with E-state index in [1.54, 1.807) is 55.5 Å². The standard InChI is InChI=1S/C31H26ClN3O5/c1-3-40-30(37)28-25(34-31(38)33-24-12-6-9-19-8-4-5-10-22(19)24)18-27(32)35(28)21-16-14-20(15-17-21)23-11-7-13-26(39-2)29(23)36/h4-18,36H,3H2,1-2H3,(H2,33,34,38). The van der Waals surface area contributed by atoms with Crippen molar-refractivity contribution in [1.82, 2.24) is 4.57 Å². The summed E-state index contributed by atoms with van der Waals surface area (Å²) in [6, 6.07) is 26.6. The zero-order valence-electron chi connectivity index (χ0n) is 21.8. The van der Waals surface area contributed by atoms with Crippen LogP contribution in [0.5, 0.6) is 11.5 Å². The number of nitrogens with one attached hydrogen (secondary N) is 2. The quantitative estimate of drug-likeness (QED) is 0.181. The van der Waals surface area contributed by atoms with Crippen LogP contribution >= 0.6 is 11.6 Å². The van der Waals surface area contributed by atoms with Crippen LogP contribution in [-0.4, -0.2) is 35.4 Å². The second-order valence-electron chi connectivity index (χ2n) is 8.79. The summed E-state index contributed by atoms with van der Waals surface area (Å²) in [6.07, 6.45) is 0. The molecule has 4 aromatic carbocycles. The maximum absolute atomic E-state index is 13.1. The first-order valence-corrected chi connectivity index (χ1v) is 12.9. The lowest BCUT2D eigenvalue weighted by atomic mass is 10.0. The number of phenols is 1. The van der Waals surface area contributed by atoms with Crippen molar-refractivity contribution in [3.8, 4) is 28.3 Å². The molecular weight excluding hydrogens is 530 g/mol. The lowest BCUT2D eigenvalue weighted by Gasteiger charge is -2.14. The Morgan fingerprint density at radius 3 is 2.35 bits per heavy atom. The fourth-order valence-electron chi connectivity index (χ4n) is 4.55. The van der Waals surface area contributed by atoms with E-state index in [0.717, 1.165) is 16.3 Å². The molecule has 0 saturated heterocycles. The molecule has 0 aliphatic carbocycles. The van der Waals surface area contributed by atoms with Gasteiger partial charge in [0.05, 0.1) is 25.1 Å². The Hall–Kier alpha value is -4.95. The fraction of sp³-hybridized carbons (Fsp3) is 0.0968. The summed E-state index contributed by atoms with van der Waals surface area (Å²) in [5.74, 6) is -0.269. The Bertz CT molecular complexity index is 1710. The number of hydrogen-bond acceptors (Lipinski definition) is 5. The van der Waals surface area contributed by atoms with Gasteiger partial charge in [0.2, 0.25) is 0 Å². The summed E-state index contributed by atoms with van der Waals surface area (Å²) >= 11 is 6.60. The molecule has 0 aliphatic heterocycles. The first kappa shape index (κ1) is 26.6. The number of para-hydroxylation sites is 1. The Morgan fingerprint density at radius 1 is 0.900 bits per heavy atom. The van der Waals surface area contributed by atoms with Crippen LogP contribution in [0.15, 0.2) is 91.0 Å². The number of carbonyl (C=O) groups is 2. The highest BCUT2D eigenvalue weighted by atomic mass is 35.5. The van der Waals surface area contributed by atoms with E-state index in [-0.39, 0.29) is 28.9 Å². The predicted octanol–water partition coefficient (Wildman–Crippen LogP) is 7.49. The van der Waals surface area contributed by atoms with Gasteiger partial charge in [0.25, 0.3) is 0 Å². The first-order chi connectivity index (χ1) is 19.4. The van der Waals surface area contributed by atoms with Crippen molar-refractivity contribution < 1.29 is 24.2 Å². The highest BCUT2D eigenvalue weighted by molar-refractivity contribution is 6.31.